The maximum atomic E-state index is 14.6. The summed E-state index contributed by atoms with van der Waals surface area (Å²) >= 11 is 0. The van der Waals surface area contributed by atoms with Gasteiger partial charge in [0.1, 0.15) is 29.5 Å². The minimum atomic E-state index is -4.67. The van der Waals surface area contributed by atoms with E-state index in [4.69, 9.17) is 14.2 Å². The van der Waals surface area contributed by atoms with Crippen LogP contribution in [0.3, 0.4) is 0 Å². The molecule has 4 rings (SSSR count). The monoisotopic (exact) mass is 522 g/mol. The van der Waals surface area contributed by atoms with Crippen molar-refractivity contribution >= 4 is 11.9 Å². The molecule has 0 spiro atoms. The summed E-state index contributed by atoms with van der Waals surface area (Å²) < 4.78 is 70.5. The van der Waals surface area contributed by atoms with Gasteiger partial charge in [0.05, 0.1) is 0 Å². The first-order valence-electron chi connectivity index (χ1n) is 11.0. The van der Waals surface area contributed by atoms with Gasteiger partial charge < -0.3 is 14.2 Å². The van der Waals surface area contributed by atoms with E-state index in [1.54, 1.807) is 20.8 Å². The van der Waals surface area contributed by atoms with E-state index in [2.05, 4.69) is 9.97 Å². The van der Waals surface area contributed by atoms with E-state index in [0.29, 0.717) is 11.6 Å². The van der Waals surface area contributed by atoms with Crippen LogP contribution in [0.25, 0.3) is 0 Å². The summed E-state index contributed by atoms with van der Waals surface area (Å²) in [5.74, 6) is -1.20. The number of anilines is 1. The number of carbonyl (C=O) groups excluding carboxylic acids is 1. The van der Waals surface area contributed by atoms with E-state index in [0.717, 1.165) is 12.3 Å². The second-order valence-corrected chi connectivity index (χ2v) is 9.05. The SMILES string of the molecule is CC(C)(C)OC(=O)N1CCn2c1cc(OCc1ccc(Oc3ccnc(C(F)(F)F)c3)c(F)c1)nc2=O. The number of halogens is 4. The highest BCUT2D eigenvalue weighted by Crippen LogP contribution is 2.32. The molecule has 3 heterocycles. The van der Waals surface area contributed by atoms with Gasteiger partial charge in [-0.3, -0.25) is 14.5 Å². The summed E-state index contributed by atoms with van der Waals surface area (Å²) in [6.07, 6.45) is -4.38. The van der Waals surface area contributed by atoms with Gasteiger partial charge >= 0.3 is 18.0 Å². The van der Waals surface area contributed by atoms with Crippen molar-refractivity contribution in [3.8, 4) is 17.4 Å². The molecule has 0 aliphatic carbocycles. The lowest BCUT2D eigenvalue weighted by Gasteiger charge is -2.24. The second kappa shape index (κ2) is 9.71. The van der Waals surface area contributed by atoms with Crippen LogP contribution in [0.2, 0.25) is 0 Å². The van der Waals surface area contributed by atoms with Gasteiger partial charge in [0.25, 0.3) is 0 Å². The van der Waals surface area contributed by atoms with Gasteiger partial charge in [-0.2, -0.15) is 18.2 Å². The molecule has 196 valence electrons. The quantitative estimate of drug-likeness (QED) is 0.439. The molecule has 1 aliphatic heterocycles. The van der Waals surface area contributed by atoms with Crippen molar-refractivity contribution in [2.75, 3.05) is 11.4 Å². The lowest BCUT2D eigenvalue weighted by atomic mass is 10.2. The van der Waals surface area contributed by atoms with Crippen LogP contribution in [0.5, 0.6) is 17.4 Å². The predicted octanol–water partition coefficient (Wildman–Crippen LogP) is 4.92. The average molecular weight is 522 g/mol. The fourth-order valence-corrected chi connectivity index (χ4v) is 3.43. The highest BCUT2D eigenvalue weighted by atomic mass is 19.4. The molecule has 13 heteroatoms. The second-order valence-electron chi connectivity index (χ2n) is 9.05. The third kappa shape index (κ3) is 6.16. The zero-order valence-electron chi connectivity index (χ0n) is 20.0. The summed E-state index contributed by atoms with van der Waals surface area (Å²) in [4.78, 5) is 33.3. The number of hydrogen-bond acceptors (Lipinski definition) is 7. The molecule has 0 atom stereocenters. The van der Waals surface area contributed by atoms with Gasteiger partial charge in [0.2, 0.25) is 5.88 Å². The number of pyridine rings is 1. The summed E-state index contributed by atoms with van der Waals surface area (Å²) in [6, 6.07) is 7.00. The van der Waals surface area contributed by atoms with E-state index in [9.17, 15) is 27.2 Å². The molecule has 0 saturated carbocycles. The molecule has 1 aliphatic rings. The van der Waals surface area contributed by atoms with E-state index in [1.165, 1.54) is 33.7 Å². The van der Waals surface area contributed by atoms with E-state index < -0.39 is 35.1 Å². The number of fused-ring (bicyclic) bond motifs is 1. The van der Waals surface area contributed by atoms with Crippen molar-refractivity contribution in [3.05, 3.63) is 70.2 Å². The molecule has 0 unspecified atom stereocenters. The van der Waals surface area contributed by atoms with Crippen LogP contribution in [0.4, 0.5) is 28.2 Å². The van der Waals surface area contributed by atoms with E-state index in [-0.39, 0.29) is 42.9 Å². The molecule has 1 aromatic carbocycles. The third-order valence-corrected chi connectivity index (χ3v) is 5.04. The summed E-state index contributed by atoms with van der Waals surface area (Å²) in [5.41, 5.74) is -2.18. The largest absolute Gasteiger partial charge is 0.473 e. The van der Waals surface area contributed by atoms with Crippen LogP contribution in [-0.2, 0) is 24.1 Å². The predicted molar refractivity (Wildman–Crippen MR) is 122 cm³/mol. The Balaban J connectivity index is 1.46. The van der Waals surface area contributed by atoms with Crippen LogP contribution >= 0.6 is 0 Å². The molecule has 0 saturated heterocycles. The lowest BCUT2D eigenvalue weighted by molar-refractivity contribution is -0.141. The number of hydrogen-bond donors (Lipinski definition) is 0. The first-order valence-corrected chi connectivity index (χ1v) is 11.0. The Kier molecular flexibility index (Phi) is 6.80. The number of ether oxygens (including phenoxy) is 3. The molecule has 2 aromatic heterocycles. The lowest BCUT2D eigenvalue weighted by Crippen LogP contribution is -2.36. The number of aromatic nitrogens is 3. The van der Waals surface area contributed by atoms with Gasteiger partial charge in [-0.25, -0.2) is 14.0 Å². The van der Waals surface area contributed by atoms with Crippen molar-refractivity contribution in [2.24, 2.45) is 0 Å². The first-order chi connectivity index (χ1) is 17.3. The molecule has 1 amide bonds. The van der Waals surface area contributed by atoms with E-state index in [1.807, 2.05) is 0 Å². The summed E-state index contributed by atoms with van der Waals surface area (Å²) in [5, 5.41) is 0. The van der Waals surface area contributed by atoms with Crippen molar-refractivity contribution in [1.82, 2.24) is 14.5 Å². The van der Waals surface area contributed by atoms with Crippen molar-refractivity contribution in [1.29, 1.82) is 0 Å². The van der Waals surface area contributed by atoms with Gasteiger partial charge in [0.15, 0.2) is 11.6 Å². The zero-order valence-corrected chi connectivity index (χ0v) is 20.0. The fraction of sp³-hybridized carbons (Fsp3) is 0.333. The molecule has 0 fully saturated rings. The Morgan fingerprint density at radius 2 is 1.84 bits per heavy atom. The number of carbonyl (C=O) groups is 1. The molecule has 0 radical (unpaired) electrons. The minimum Gasteiger partial charge on any atom is -0.473 e. The smallest absolute Gasteiger partial charge is 0.433 e. The topological polar surface area (TPSA) is 95.8 Å². The molecule has 9 nitrogen and oxygen atoms in total. The Bertz CT molecular complexity index is 1380. The van der Waals surface area contributed by atoms with E-state index >= 15 is 0 Å². The van der Waals surface area contributed by atoms with Crippen LogP contribution in [0.1, 0.15) is 32.0 Å². The fourth-order valence-electron chi connectivity index (χ4n) is 3.43. The summed E-state index contributed by atoms with van der Waals surface area (Å²) in [6.45, 7) is 5.45. The van der Waals surface area contributed by atoms with Crippen molar-refractivity contribution in [3.63, 3.8) is 0 Å². The van der Waals surface area contributed by atoms with Crippen molar-refractivity contribution < 1.29 is 36.6 Å². The van der Waals surface area contributed by atoms with Gasteiger partial charge in [-0.05, 0) is 44.5 Å². The van der Waals surface area contributed by atoms with Crippen LogP contribution in [-0.4, -0.2) is 32.8 Å². The third-order valence-electron chi connectivity index (χ3n) is 5.04. The molecule has 37 heavy (non-hydrogen) atoms. The first kappa shape index (κ1) is 25.9. The Hall–Kier alpha value is -4.16. The van der Waals surface area contributed by atoms with Crippen molar-refractivity contribution in [2.45, 2.75) is 45.7 Å². The highest BCUT2D eigenvalue weighted by molar-refractivity contribution is 5.87. The number of nitrogens with zero attached hydrogens (tertiary/aromatic N) is 4. The zero-order chi connectivity index (χ0) is 27.0. The molecule has 0 bridgehead atoms. The highest BCUT2D eigenvalue weighted by Gasteiger charge is 2.33. The van der Waals surface area contributed by atoms with Gasteiger partial charge in [-0.15, -0.1) is 0 Å². The molecule has 0 N–H and O–H groups in total. The number of rotatable bonds is 5. The normalized spacial score (nSPS) is 13.3. The maximum absolute atomic E-state index is 14.6. The standard InChI is InChI=1S/C24H22F4N4O5/c1-23(2,3)37-22(34)32-9-8-31-20(32)12-19(30-21(31)33)35-13-14-4-5-17(16(25)10-14)36-15-6-7-29-18(11-15)24(26,27)28/h4-7,10-12H,8-9,13H2,1-3H3. The van der Waals surface area contributed by atoms with Crippen LogP contribution < -0.4 is 20.1 Å². The average Bonchev–Trinajstić information content (AvgIpc) is 3.23. The van der Waals surface area contributed by atoms with Gasteiger partial charge in [0, 0.05) is 31.4 Å². The van der Waals surface area contributed by atoms with Crippen LogP contribution in [0, 0.1) is 5.82 Å². The molecule has 3 aromatic rings. The maximum Gasteiger partial charge on any atom is 0.433 e. The number of amides is 1. The molecular formula is C24H22F4N4O5. The molecular weight excluding hydrogens is 500 g/mol. The minimum absolute atomic E-state index is 0.0797. The number of alkyl halides is 3. The Labute approximate surface area is 208 Å². The Morgan fingerprint density at radius 1 is 1.08 bits per heavy atom. The Morgan fingerprint density at radius 3 is 2.51 bits per heavy atom. The van der Waals surface area contributed by atoms with Crippen LogP contribution in [0.15, 0.2) is 47.4 Å². The number of benzene rings is 1. The van der Waals surface area contributed by atoms with Gasteiger partial charge in [-0.1, -0.05) is 6.07 Å². The summed E-state index contributed by atoms with van der Waals surface area (Å²) in [7, 11) is 0.